The highest BCUT2D eigenvalue weighted by Gasteiger charge is 2.16. The van der Waals surface area contributed by atoms with E-state index in [1.807, 2.05) is 6.92 Å². The molecule has 0 heterocycles. The molecule has 0 fully saturated rings. The fourth-order valence-electron chi connectivity index (χ4n) is 2.33. The van der Waals surface area contributed by atoms with Crippen LogP contribution in [0.4, 0.5) is 11.4 Å². The quantitative estimate of drug-likeness (QED) is 0.168. The number of benzene rings is 3. The van der Waals surface area contributed by atoms with Gasteiger partial charge in [0.15, 0.2) is 0 Å². The summed E-state index contributed by atoms with van der Waals surface area (Å²) in [5, 5.41) is 20.1. The molecular formula is C22H15ClN2O8. The summed E-state index contributed by atoms with van der Waals surface area (Å²) in [7, 11) is 0. The Morgan fingerprint density at radius 1 is 0.667 bits per heavy atom. The van der Waals surface area contributed by atoms with Crippen molar-refractivity contribution in [1.82, 2.24) is 0 Å². The van der Waals surface area contributed by atoms with Crippen LogP contribution in [0.25, 0.3) is 0 Å². The van der Waals surface area contributed by atoms with E-state index in [-0.39, 0.29) is 28.1 Å². The van der Waals surface area contributed by atoms with Crippen LogP contribution in [0.2, 0.25) is 0 Å². The Hall–Kier alpha value is -4.44. The third kappa shape index (κ3) is 7.33. The Kier molecular flexibility index (Phi) is 8.47. The van der Waals surface area contributed by atoms with E-state index in [0.717, 1.165) is 5.56 Å². The lowest BCUT2D eigenvalue weighted by atomic mass is 10.1. The van der Waals surface area contributed by atoms with Gasteiger partial charge in [-0.25, -0.2) is 9.59 Å². The van der Waals surface area contributed by atoms with Gasteiger partial charge in [-0.2, -0.15) is 0 Å². The minimum absolute atomic E-state index is 0.0586. The third-order valence-corrected chi connectivity index (χ3v) is 4.31. The number of hydrogen-bond donors (Lipinski definition) is 0. The summed E-state index contributed by atoms with van der Waals surface area (Å²) in [6.45, 7) is 1.87. The van der Waals surface area contributed by atoms with Gasteiger partial charge in [0.05, 0.1) is 21.0 Å². The largest absolute Gasteiger partial charge is 0.386 e. The van der Waals surface area contributed by atoms with Crippen molar-refractivity contribution in [1.29, 1.82) is 0 Å². The second kappa shape index (κ2) is 11.3. The molecule has 10 nitrogen and oxygen atoms in total. The molecule has 3 aromatic rings. The van der Waals surface area contributed by atoms with Gasteiger partial charge in [0.2, 0.25) is 0 Å². The molecule has 11 heteroatoms. The van der Waals surface area contributed by atoms with E-state index in [2.05, 4.69) is 0 Å². The highest BCUT2D eigenvalue weighted by atomic mass is 35.5. The van der Waals surface area contributed by atoms with Crippen molar-refractivity contribution in [3.8, 4) is 0 Å². The van der Waals surface area contributed by atoms with Crippen LogP contribution < -0.4 is 0 Å². The predicted molar refractivity (Wildman–Crippen MR) is 117 cm³/mol. The van der Waals surface area contributed by atoms with Crippen molar-refractivity contribution in [3.05, 3.63) is 115 Å². The van der Waals surface area contributed by atoms with Gasteiger partial charge in [-0.3, -0.25) is 25.0 Å². The summed E-state index contributed by atoms with van der Waals surface area (Å²) in [5.41, 5.74) is 1.36. The van der Waals surface area contributed by atoms with Gasteiger partial charge in [-0.15, -0.1) is 0 Å². The van der Waals surface area contributed by atoms with Crippen molar-refractivity contribution < 1.29 is 29.0 Å². The van der Waals surface area contributed by atoms with Crippen LogP contribution in [0.5, 0.6) is 0 Å². The summed E-state index contributed by atoms with van der Waals surface area (Å²) in [6, 6.07) is 16.5. The fraction of sp³-hybridized carbons (Fsp3) is 0.0455. The number of ether oxygens (including phenoxy) is 1. The number of aryl methyl sites for hydroxylation is 1. The van der Waals surface area contributed by atoms with E-state index in [1.54, 1.807) is 24.3 Å². The minimum atomic E-state index is -0.851. The Bertz CT molecular complexity index is 1160. The van der Waals surface area contributed by atoms with Crippen molar-refractivity contribution in [2.75, 3.05) is 0 Å². The lowest BCUT2D eigenvalue weighted by Crippen LogP contribution is -2.12. The lowest BCUT2D eigenvalue weighted by Gasteiger charge is -2.03. The molecule has 0 saturated carbocycles. The molecular weight excluding hydrogens is 456 g/mol. The summed E-state index contributed by atoms with van der Waals surface area (Å²) in [4.78, 5) is 53.6. The van der Waals surface area contributed by atoms with Crippen LogP contribution >= 0.6 is 11.6 Å². The van der Waals surface area contributed by atoms with Crippen LogP contribution in [0.3, 0.4) is 0 Å². The van der Waals surface area contributed by atoms with Crippen LogP contribution in [-0.2, 0) is 4.74 Å². The van der Waals surface area contributed by atoms with Crippen LogP contribution in [0, 0.1) is 27.2 Å². The van der Waals surface area contributed by atoms with Crippen molar-refractivity contribution in [3.63, 3.8) is 0 Å². The van der Waals surface area contributed by atoms with Crippen molar-refractivity contribution in [2.24, 2.45) is 0 Å². The van der Waals surface area contributed by atoms with E-state index in [1.165, 1.54) is 48.5 Å². The molecule has 0 bridgehead atoms. The molecule has 0 atom stereocenters. The molecule has 0 aliphatic carbocycles. The molecule has 0 spiro atoms. The van der Waals surface area contributed by atoms with Gasteiger partial charge in [0.25, 0.3) is 16.6 Å². The number of carbonyl (C=O) groups is 3. The highest BCUT2D eigenvalue weighted by molar-refractivity contribution is 6.67. The molecule has 3 rings (SSSR count). The van der Waals surface area contributed by atoms with Gasteiger partial charge in [-0.05, 0) is 54.9 Å². The zero-order valence-corrected chi connectivity index (χ0v) is 17.7. The predicted octanol–water partition coefficient (Wildman–Crippen LogP) is 4.87. The molecule has 0 radical (unpaired) electrons. The number of nitro benzene ring substituents is 2. The average molecular weight is 471 g/mol. The second-order valence-corrected chi connectivity index (χ2v) is 6.77. The van der Waals surface area contributed by atoms with Crippen molar-refractivity contribution >= 4 is 40.2 Å². The number of halogens is 1. The number of nitro groups is 2. The first-order valence-electron chi connectivity index (χ1n) is 9.10. The normalized spacial score (nSPS) is 9.76. The number of hydrogen-bond acceptors (Lipinski definition) is 8. The maximum Gasteiger partial charge on any atom is 0.346 e. The van der Waals surface area contributed by atoms with Gasteiger partial charge < -0.3 is 4.74 Å². The number of carbonyl (C=O) groups excluding carboxylic acids is 3. The monoisotopic (exact) mass is 470 g/mol. The summed E-state index contributed by atoms with van der Waals surface area (Å²) >= 11 is 5.13. The van der Waals surface area contributed by atoms with E-state index >= 15 is 0 Å². The smallest absolute Gasteiger partial charge is 0.346 e. The number of non-ortho nitro benzene ring substituents is 2. The molecule has 0 N–H and O–H groups in total. The second-order valence-electron chi connectivity index (χ2n) is 6.42. The van der Waals surface area contributed by atoms with E-state index in [0.29, 0.717) is 0 Å². The average Bonchev–Trinajstić information content (AvgIpc) is 2.80. The van der Waals surface area contributed by atoms with Gasteiger partial charge in [0.1, 0.15) is 0 Å². The van der Waals surface area contributed by atoms with Gasteiger partial charge >= 0.3 is 11.9 Å². The van der Waals surface area contributed by atoms with Crippen molar-refractivity contribution in [2.45, 2.75) is 6.92 Å². The van der Waals surface area contributed by atoms with E-state index in [9.17, 15) is 34.6 Å². The summed E-state index contributed by atoms with van der Waals surface area (Å²) < 4.78 is 4.71. The third-order valence-electron chi connectivity index (χ3n) is 4.09. The lowest BCUT2D eigenvalue weighted by molar-refractivity contribution is -0.385. The Morgan fingerprint density at radius 2 is 1.00 bits per heavy atom. The Labute approximate surface area is 191 Å². The SMILES string of the molecule is Cc1ccc(C(=O)OC(=O)c2ccc([N+](=O)[O-])cc2)cc1.O=C(Cl)c1ccc([N+](=O)[O-])cc1. The van der Waals surface area contributed by atoms with Gasteiger partial charge in [-0.1, -0.05) is 17.7 Å². The maximum atomic E-state index is 11.8. The van der Waals surface area contributed by atoms with Gasteiger partial charge in [0, 0.05) is 29.8 Å². The molecule has 168 valence electrons. The van der Waals surface area contributed by atoms with Crippen LogP contribution in [0.15, 0.2) is 72.8 Å². The first kappa shape index (κ1) is 24.8. The molecule has 0 amide bonds. The Balaban J connectivity index is 0.000000273. The Morgan fingerprint density at radius 3 is 1.33 bits per heavy atom. The zero-order valence-electron chi connectivity index (χ0n) is 17.0. The molecule has 0 unspecified atom stereocenters. The van der Waals surface area contributed by atoms with E-state index in [4.69, 9.17) is 16.3 Å². The highest BCUT2D eigenvalue weighted by Crippen LogP contribution is 2.14. The first-order valence-corrected chi connectivity index (χ1v) is 9.48. The number of nitrogens with zero attached hydrogens (tertiary/aromatic N) is 2. The number of esters is 2. The van der Waals surface area contributed by atoms with Crippen LogP contribution in [0.1, 0.15) is 36.6 Å². The zero-order chi connectivity index (χ0) is 24.5. The van der Waals surface area contributed by atoms with Crippen LogP contribution in [-0.4, -0.2) is 27.0 Å². The molecule has 0 aliphatic heterocycles. The standard InChI is InChI=1S/C15H11NO5.C7H4ClNO3/c1-10-2-4-11(5-3-10)14(17)21-15(18)12-6-8-13(9-7-12)16(19)20;8-7(10)5-1-3-6(4-2-5)9(11)12/h2-9H,1H3;1-4H. The molecule has 0 saturated heterocycles. The summed E-state index contributed by atoms with van der Waals surface area (Å²) in [6.07, 6.45) is 0. The summed E-state index contributed by atoms with van der Waals surface area (Å²) in [5.74, 6) is -1.62. The fourth-order valence-corrected chi connectivity index (χ4v) is 2.45. The molecule has 33 heavy (non-hydrogen) atoms. The number of rotatable bonds is 5. The first-order chi connectivity index (χ1) is 15.6. The topological polar surface area (TPSA) is 147 Å². The molecule has 0 aromatic heterocycles. The maximum absolute atomic E-state index is 11.8. The van der Waals surface area contributed by atoms with E-state index < -0.39 is 27.0 Å². The molecule has 3 aromatic carbocycles. The minimum Gasteiger partial charge on any atom is -0.386 e. The molecule has 0 aliphatic rings.